The third-order valence-electron chi connectivity index (χ3n) is 5.40. The van der Waals surface area contributed by atoms with E-state index >= 15 is 0 Å². The van der Waals surface area contributed by atoms with E-state index in [1.165, 1.54) is 0 Å². The average molecular weight is 406 g/mol. The van der Waals surface area contributed by atoms with E-state index in [4.69, 9.17) is 9.72 Å². The number of carbonyl (C=O) groups is 1. The van der Waals surface area contributed by atoms with Gasteiger partial charge in [-0.05, 0) is 6.92 Å². The first kappa shape index (κ1) is 18.5. The molecule has 4 aromatic rings. The highest BCUT2D eigenvalue weighted by atomic mass is 16.5. The van der Waals surface area contributed by atoms with Gasteiger partial charge in [0.2, 0.25) is 0 Å². The maximum atomic E-state index is 12.1. The number of esters is 1. The average Bonchev–Trinajstić information content (AvgIpc) is 3.44. The maximum Gasteiger partial charge on any atom is 0.308 e. The number of nitrogens with one attached hydrogen (secondary N) is 1. The Morgan fingerprint density at radius 3 is 2.77 bits per heavy atom. The molecule has 0 atom stereocenters. The van der Waals surface area contributed by atoms with Crippen molar-refractivity contribution < 1.29 is 9.53 Å². The molecule has 1 saturated heterocycles. The minimum atomic E-state index is -0.417. The lowest BCUT2D eigenvalue weighted by molar-refractivity contribution is -0.146. The summed E-state index contributed by atoms with van der Waals surface area (Å²) in [4.78, 5) is 21.4. The molecule has 1 aliphatic heterocycles. The summed E-state index contributed by atoms with van der Waals surface area (Å²) in [5, 5.41) is 12.1. The predicted octanol–water partition coefficient (Wildman–Crippen LogP) is 1.24. The summed E-state index contributed by atoms with van der Waals surface area (Å²) in [6, 6.07) is 1.93. The smallest absolute Gasteiger partial charge is 0.308 e. The van der Waals surface area contributed by atoms with Gasteiger partial charge in [0.25, 0.3) is 0 Å². The van der Waals surface area contributed by atoms with Crippen LogP contribution >= 0.6 is 0 Å². The molecule has 154 valence electrons. The summed E-state index contributed by atoms with van der Waals surface area (Å²) < 4.78 is 10.7. The number of hydrogen-bond donors (Lipinski definition) is 1. The molecule has 0 bridgehead atoms. The van der Waals surface area contributed by atoms with Crippen LogP contribution in [0.4, 0.5) is 0 Å². The molecule has 0 spiro atoms. The van der Waals surface area contributed by atoms with E-state index in [9.17, 15) is 4.79 Å². The van der Waals surface area contributed by atoms with Crippen LogP contribution in [0.5, 0.6) is 0 Å². The van der Waals surface area contributed by atoms with Crippen molar-refractivity contribution in [3.05, 3.63) is 43.2 Å². The highest BCUT2D eigenvalue weighted by Gasteiger charge is 2.42. The van der Waals surface area contributed by atoms with Crippen molar-refractivity contribution in [1.29, 1.82) is 0 Å². The fourth-order valence-corrected chi connectivity index (χ4v) is 3.79. The molecule has 5 heterocycles. The first-order chi connectivity index (χ1) is 14.6. The molecule has 1 aliphatic rings. The fourth-order valence-electron chi connectivity index (χ4n) is 3.79. The van der Waals surface area contributed by atoms with Crippen LogP contribution in [0.15, 0.2) is 43.2 Å². The lowest BCUT2D eigenvalue weighted by Gasteiger charge is -2.42. The van der Waals surface area contributed by atoms with Crippen molar-refractivity contribution >= 4 is 11.6 Å². The SMILES string of the molecule is CCOC(=O)CC1(n2cc(-c3nc(-c4cnn(C)c4)cc4nccn34)cn2)CNC1. The molecule has 0 saturated carbocycles. The van der Waals surface area contributed by atoms with E-state index in [0.29, 0.717) is 19.7 Å². The largest absolute Gasteiger partial charge is 0.466 e. The number of rotatable bonds is 6. The molecule has 0 aromatic carbocycles. The first-order valence-electron chi connectivity index (χ1n) is 9.83. The van der Waals surface area contributed by atoms with Crippen molar-refractivity contribution in [3.63, 3.8) is 0 Å². The van der Waals surface area contributed by atoms with Gasteiger partial charge in [-0.1, -0.05) is 0 Å². The lowest BCUT2D eigenvalue weighted by Crippen LogP contribution is -2.61. The molecule has 0 amide bonds. The molecule has 10 heteroatoms. The van der Waals surface area contributed by atoms with Crippen LogP contribution in [-0.2, 0) is 22.1 Å². The fraction of sp³-hybridized carbons (Fsp3) is 0.350. The van der Waals surface area contributed by atoms with Gasteiger partial charge >= 0.3 is 5.97 Å². The number of fused-ring (bicyclic) bond motifs is 1. The second-order valence-corrected chi connectivity index (χ2v) is 7.51. The van der Waals surface area contributed by atoms with E-state index in [1.807, 2.05) is 47.7 Å². The van der Waals surface area contributed by atoms with E-state index < -0.39 is 5.54 Å². The molecule has 5 rings (SSSR count). The van der Waals surface area contributed by atoms with E-state index in [1.54, 1.807) is 23.3 Å². The Labute approximate surface area is 172 Å². The molecule has 30 heavy (non-hydrogen) atoms. The topological polar surface area (TPSA) is 104 Å². The zero-order valence-corrected chi connectivity index (χ0v) is 16.8. The van der Waals surface area contributed by atoms with Crippen LogP contribution in [0.2, 0.25) is 0 Å². The molecule has 4 aromatic heterocycles. The van der Waals surface area contributed by atoms with Crippen molar-refractivity contribution in [2.75, 3.05) is 19.7 Å². The Hall–Kier alpha value is -3.53. The molecule has 1 fully saturated rings. The summed E-state index contributed by atoms with van der Waals surface area (Å²) >= 11 is 0. The van der Waals surface area contributed by atoms with Gasteiger partial charge in [0, 0.05) is 56.6 Å². The van der Waals surface area contributed by atoms with Gasteiger partial charge in [-0.15, -0.1) is 0 Å². The van der Waals surface area contributed by atoms with Gasteiger partial charge in [0.1, 0.15) is 11.5 Å². The normalized spacial score (nSPS) is 15.3. The van der Waals surface area contributed by atoms with Crippen LogP contribution in [-0.4, -0.2) is 59.6 Å². The summed E-state index contributed by atoms with van der Waals surface area (Å²) in [7, 11) is 1.87. The van der Waals surface area contributed by atoms with Crippen LogP contribution in [0.3, 0.4) is 0 Å². The number of carbonyl (C=O) groups excluding carboxylic acids is 1. The van der Waals surface area contributed by atoms with Gasteiger partial charge < -0.3 is 10.1 Å². The van der Waals surface area contributed by atoms with Gasteiger partial charge in [-0.2, -0.15) is 10.2 Å². The third-order valence-corrected chi connectivity index (χ3v) is 5.40. The summed E-state index contributed by atoms with van der Waals surface area (Å²) in [6.45, 7) is 3.51. The number of imidazole rings is 1. The second-order valence-electron chi connectivity index (χ2n) is 7.51. The standard InChI is InChI=1S/C20H22N8O2/c1-3-30-18(29)7-20(12-21-13-20)28-11-15(9-24-28)19-25-16(14-8-23-26(2)10-14)6-17-22-4-5-27(17)19/h4-6,8-11,21H,3,7,12-13H2,1-2H3. The zero-order chi connectivity index (χ0) is 20.7. The minimum absolute atomic E-state index is 0.218. The Balaban J connectivity index is 1.54. The minimum Gasteiger partial charge on any atom is -0.466 e. The van der Waals surface area contributed by atoms with Gasteiger partial charge in [0.05, 0.1) is 42.2 Å². The molecule has 1 N–H and O–H groups in total. The number of ether oxygens (including phenoxy) is 1. The number of aryl methyl sites for hydroxylation is 1. The van der Waals surface area contributed by atoms with Crippen LogP contribution < -0.4 is 5.32 Å². The summed E-state index contributed by atoms with van der Waals surface area (Å²) in [5.41, 5.74) is 2.92. The van der Waals surface area contributed by atoms with Crippen LogP contribution in [0.25, 0.3) is 28.3 Å². The lowest BCUT2D eigenvalue weighted by atomic mass is 9.89. The Bertz CT molecular complexity index is 1220. The van der Waals surface area contributed by atoms with Crippen molar-refractivity contribution in [3.8, 4) is 22.6 Å². The molecule has 10 nitrogen and oxygen atoms in total. The molecule has 0 radical (unpaired) electrons. The molecule has 0 unspecified atom stereocenters. The van der Waals surface area contributed by atoms with Gasteiger partial charge in [-0.3, -0.25) is 18.6 Å². The van der Waals surface area contributed by atoms with Crippen molar-refractivity contribution in [2.24, 2.45) is 7.05 Å². The monoisotopic (exact) mass is 406 g/mol. The second kappa shape index (κ2) is 7.06. The number of nitrogens with zero attached hydrogens (tertiary/aromatic N) is 7. The van der Waals surface area contributed by atoms with Gasteiger partial charge in [0.15, 0.2) is 0 Å². The van der Waals surface area contributed by atoms with Crippen LogP contribution in [0.1, 0.15) is 13.3 Å². The summed E-state index contributed by atoms with van der Waals surface area (Å²) in [6.07, 6.45) is 11.3. The van der Waals surface area contributed by atoms with E-state index in [0.717, 1.165) is 28.3 Å². The predicted molar refractivity (Wildman–Crippen MR) is 109 cm³/mol. The summed E-state index contributed by atoms with van der Waals surface area (Å²) in [5.74, 6) is 0.512. The first-order valence-corrected chi connectivity index (χ1v) is 9.83. The Kier molecular flexibility index (Phi) is 4.35. The molecule has 0 aliphatic carbocycles. The molecular formula is C20H22N8O2. The van der Waals surface area contributed by atoms with E-state index in [-0.39, 0.29) is 12.4 Å². The van der Waals surface area contributed by atoms with Crippen molar-refractivity contribution in [1.82, 2.24) is 39.2 Å². The number of aromatic nitrogens is 7. The van der Waals surface area contributed by atoms with E-state index in [2.05, 4.69) is 20.5 Å². The highest BCUT2D eigenvalue weighted by molar-refractivity contribution is 5.71. The molecular weight excluding hydrogens is 384 g/mol. The zero-order valence-electron chi connectivity index (χ0n) is 16.8. The Morgan fingerprint density at radius 2 is 2.07 bits per heavy atom. The Morgan fingerprint density at radius 1 is 1.23 bits per heavy atom. The van der Waals surface area contributed by atoms with Gasteiger partial charge in [-0.25, -0.2) is 9.97 Å². The maximum absolute atomic E-state index is 12.1. The quantitative estimate of drug-likeness (QED) is 0.481. The highest BCUT2D eigenvalue weighted by Crippen LogP contribution is 2.29. The third kappa shape index (κ3) is 3.05. The van der Waals surface area contributed by atoms with Crippen LogP contribution in [0, 0.1) is 0 Å². The number of hydrogen-bond acceptors (Lipinski definition) is 7. The van der Waals surface area contributed by atoms with Crippen molar-refractivity contribution in [2.45, 2.75) is 18.9 Å².